The Kier molecular flexibility index (Phi) is 3.37. The van der Waals surface area contributed by atoms with Crippen LogP contribution in [0.3, 0.4) is 0 Å². The fourth-order valence-corrected chi connectivity index (χ4v) is 3.22. The quantitative estimate of drug-likeness (QED) is 0.736. The molecule has 0 aromatic carbocycles. The zero-order chi connectivity index (χ0) is 15.8. The van der Waals surface area contributed by atoms with Gasteiger partial charge in [-0.25, -0.2) is 0 Å². The van der Waals surface area contributed by atoms with E-state index in [1.807, 2.05) is 12.1 Å². The van der Waals surface area contributed by atoms with Crippen LogP contribution in [0.2, 0.25) is 0 Å². The standard InChI is InChI=1S/C13H14N8OS/c1-8-12(23-19-16-8)13(22)15-9-4-5-20(6-9)11-3-2-10-17-14-7-21(10)18-11/h2-3,7,9H,4-6H2,1H3,(H,15,22). The van der Waals surface area contributed by atoms with Crippen LogP contribution in [0.25, 0.3) is 5.65 Å². The van der Waals surface area contributed by atoms with Gasteiger partial charge in [-0.15, -0.1) is 20.4 Å². The molecule has 118 valence electrons. The fourth-order valence-electron chi connectivity index (χ4n) is 2.66. The van der Waals surface area contributed by atoms with Gasteiger partial charge in [0.15, 0.2) is 5.65 Å². The van der Waals surface area contributed by atoms with Gasteiger partial charge in [0.1, 0.15) is 17.0 Å². The number of aromatic nitrogens is 6. The molecule has 3 aromatic rings. The number of carbonyl (C=O) groups is 1. The van der Waals surface area contributed by atoms with Crippen LogP contribution in [0.4, 0.5) is 5.82 Å². The largest absolute Gasteiger partial charge is 0.353 e. The molecule has 4 rings (SSSR count). The summed E-state index contributed by atoms with van der Waals surface area (Å²) in [4.78, 5) is 14.9. The minimum Gasteiger partial charge on any atom is -0.353 e. The Hall–Kier alpha value is -2.62. The number of rotatable bonds is 3. The Morgan fingerprint density at radius 1 is 1.39 bits per heavy atom. The second kappa shape index (κ2) is 5.54. The number of hydrogen-bond acceptors (Lipinski definition) is 8. The maximum absolute atomic E-state index is 12.2. The van der Waals surface area contributed by atoms with E-state index in [2.05, 4.69) is 35.1 Å². The van der Waals surface area contributed by atoms with E-state index in [9.17, 15) is 4.79 Å². The summed E-state index contributed by atoms with van der Waals surface area (Å²) in [6.07, 6.45) is 2.45. The average molecular weight is 330 g/mol. The van der Waals surface area contributed by atoms with Gasteiger partial charge in [0.2, 0.25) is 0 Å². The smallest absolute Gasteiger partial charge is 0.265 e. The molecule has 4 heterocycles. The highest BCUT2D eigenvalue weighted by molar-refractivity contribution is 7.08. The highest BCUT2D eigenvalue weighted by Crippen LogP contribution is 2.19. The van der Waals surface area contributed by atoms with E-state index >= 15 is 0 Å². The summed E-state index contributed by atoms with van der Waals surface area (Å²) in [6.45, 7) is 3.35. The minimum absolute atomic E-state index is 0.0856. The summed E-state index contributed by atoms with van der Waals surface area (Å²) in [5, 5.41) is 19.2. The molecule has 1 saturated heterocycles. The van der Waals surface area contributed by atoms with Crippen LogP contribution in [-0.2, 0) is 0 Å². The van der Waals surface area contributed by atoms with Crippen molar-refractivity contribution in [2.45, 2.75) is 19.4 Å². The Balaban J connectivity index is 1.44. The van der Waals surface area contributed by atoms with Crippen molar-refractivity contribution in [1.29, 1.82) is 0 Å². The molecule has 3 aromatic heterocycles. The third kappa shape index (κ3) is 2.61. The van der Waals surface area contributed by atoms with Gasteiger partial charge >= 0.3 is 0 Å². The molecule has 0 bridgehead atoms. The van der Waals surface area contributed by atoms with Crippen LogP contribution in [-0.4, -0.2) is 54.4 Å². The highest BCUT2D eigenvalue weighted by atomic mass is 32.1. The molecule has 1 aliphatic rings. The van der Waals surface area contributed by atoms with Crippen molar-refractivity contribution in [2.24, 2.45) is 0 Å². The number of nitrogens with zero attached hydrogens (tertiary/aromatic N) is 7. The number of amides is 1. The number of fused-ring (bicyclic) bond motifs is 1. The summed E-state index contributed by atoms with van der Waals surface area (Å²) >= 11 is 1.12. The molecule has 10 heteroatoms. The van der Waals surface area contributed by atoms with E-state index in [1.165, 1.54) is 0 Å². The van der Waals surface area contributed by atoms with Crippen LogP contribution in [0, 0.1) is 6.92 Å². The first-order chi connectivity index (χ1) is 11.2. The van der Waals surface area contributed by atoms with Crippen molar-refractivity contribution in [3.05, 3.63) is 29.0 Å². The first-order valence-electron chi connectivity index (χ1n) is 7.22. The molecule has 1 aliphatic heterocycles. The monoisotopic (exact) mass is 330 g/mol. The summed E-state index contributed by atoms with van der Waals surface area (Å²) < 4.78 is 5.45. The van der Waals surface area contributed by atoms with Gasteiger partial charge in [-0.2, -0.15) is 4.52 Å². The van der Waals surface area contributed by atoms with E-state index in [4.69, 9.17) is 0 Å². The van der Waals surface area contributed by atoms with Crippen molar-refractivity contribution < 1.29 is 4.79 Å². The molecule has 1 fully saturated rings. The summed E-state index contributed by atoms with van der Waals surface area (Å²) in [5.74, 6) is 0.747. The summed E-state index contributed by atoms with van der Waals surface area (Å²) in [6, 6.07) is 3.89. The van der Waals surface area contributed by atoms with E-state index in [1.54, 1.807) is 17.8 Å². The first kappa shape index (κ1) is 14.0. The Morgan fingerprint density at radius 3 is 3.13 bits per heavy atom. The number of hydrogen-bond donors (Lipinski definition) is 1. The molecule has 1 amide bonds. The molecule has 1 atom stereocenters. The lowest BCUT2D eigenvalue weighted by Crippen LogP contribution is -2.37. The van der Waals surface area contributed by atoms with Gasteiger partial charge in [-0.1, -0.05) is 4.49 Å². The van der Waals surface area contributed by atoms with Crippen LogP contribution < -0.4 is 10.2 Å². The van der Waals surface area contributed by atoms with Crippen molar-refractivity contribution in [3.63, 3.8) is 0 Å². The molecular formula is C13H14N8OS. The van der Waals surface area contributed by atoms with Crippen LogP contribution in [0.15, 0.2) is 18.5 Å². The SMILES string of the molecule is Cc1nnsc1C(=O)NC1CCN(c2ccc3nncn3n2)C1. The molecule has 0 radical (unpaired) electrons. The summed E-state index contributed by atoms with van der Waals surface area (Å²) in [7, 11) is 0. The molecule has 0 saturated carbocycles. The Labute approximate surface area is 135 Å². The maximum atomic E-state index is 12.2. The molecule has 23 heavy (non-hydrogen) atoms. The maximum Gasteiger partial charge on any atom is 0.265 e. The van der Waals surface area contributed by atoms with E-state index in [0.717, 1.165) is 36.9 Å². The van der Waals surface area contributed by atoms with Gasteiger partial charge in [0.05, 0.1) is 5.69 Å². The van der Waals surface area contributed by atoms with Crippen molar-refractivity contribution in [3.8, 4) is 0 Å². The third-order valence-electron chi connectivity index (χ3n) is 3.85. The lowest BCUT2D eigenvalue weighted by molar-refractivity contribution is 0.0943. The highest BCUT2D eigenvalue weighted by Gasteiger charge is 2.26. The van der Waals surface area contributed by atoms with Gasteiger partial charge in [-0.3, -0.25) is 4.79 Å². The topological polar surface area (TPSA) is 101 Å². The molecule has 1 N–H and O–H groups in total. The lowest BCUT2D eigenvalue weighted by Gasteiger charge is -2.17. The zero-order valence-corrected chi connectivity index (χ0v) is 13.2. The predicted molar refractivity (Wildman–Crippen MR) is 83.5 cm³/mol. The van der Waals surface area contributed by atoms with Crippen molar-refractivity contribution in [2.75, 3.05) is 18.0 Å². The van der Waals surface area contributed by atoms with E-state index in [-0.39, 0.29) is 11.9 Å². The fraction of sp³-hybridized carbons (Fsp3) is 0.385. The van der Waals surface area contributed by atoms with E-state index in [0.29, 0.717) is 16.2 Å². The second-order valence-corrected chi connectivity index (χ2v) is 6.17. The molecular weight excluding hydrogens is 316 g/mol. The first-order valence-corrected chi connectivity index (χ1v) is 8.00. The number of carbonyl (C=O) groups excluding carboxylic acids is 1. The van der Waals surface area contributed by atoms with Crippen molar-refractivity contribution in [1.82, 2.24) is 34.7 Å². The summed E-state index contributed by atoms with van der Waals surface area (Å²) in [5.41, 5.74) is 1.38. The lowest BCUT2D eigenvalue weighted by atomic mass is 10.2. The Morgan fingerprint density at radius 2 is 2.30 bits per heavy atom. The van der Waals surface area contributed by atoms with E-state index < -0.39 is 0 Å². The van der Waals surface area contributed by atoms with Gasteiger partial charge < -0.3 is 10.2 Å². The normalized spacial score (nSPS) is 17.8. The predicted octanol–water partition coefficient (Wildman–Crippen LogP) is 0.293. The van der Waals surface area contributed by atoms with Gasteiger partial charge in [0.25, 0.3) is 5.91 Å². The zero-order valence-electron chi connectivity index (χ0n) is 12.4. The number of anilines is 1. The van der Waals surface area contributed by atoms with Gasteiger partial charge in [-0.05, 0) is 37.0 Å². The molecule has 0 spiro atoms. The van der Waals surface area contributed by atoms with Crippen LogP contribution in [0.1, 0.15) is 21.8 Å². The van der Waals surface area contributed by atoms with Crippen LogP contribution in [0.5, 0.6) is 0 Å². The average Bonchev–Trinajstić information content (AvgIpc) is 3.26. The molecule has 1 unspecified atom stereocenters. The van der Waals surface area contributed by atoms with Gasteiger partial charge in [0, 0.05) is 19.1 Å². The molecule has 9 nitrogen and oxygen atoms in total. The minimum atomic E-state index is -0.105. The Bertz CT molecular complexity index is 858. The van der Waals surface area contributed by atoms with Crippen molar-refractivity contribution >= 4 is 28.9 Å². The number of nitrogens with one attached hydrogen (secondary N) is 1. The number of aryl methyl sites for hydroxylation is 1. The molecule has 0 aliphatic carbocycles. The van der Waals surface area contributed by atoms with Crippen LogP contribution >= 0.6 is 11.5 Å². The second-order valence-electron chi connectivity index (χ2n) is 5.42. The third-order valence-corrected chi connectivity index (χ3v) is 4.68.